The third-order valence-corrected chi connectivity index (χ3v) is 4.78. The normalized spacial score (nSPS) is 10.9. The molecule has 2 heterocycles. The molecule has 10 heteroatoms. The number of carbonyl (C=O) groups is 1. The Kier molecular flexibility index (Phi) is 5.94. The van der Waals surface area contributed by atoms with Gasteiger partial charge in [-0.1, -0.05) is 40.9 Å². The van der Waals surface area contributed by atoms with Gasteiger partial charge in [-0.25, -0.2) is 4.68 Å². The summed E-state index contributed by atoms with van der Waals surface area (Å²) < 4.78 is 8.72. The smallest absolute Gasteiger partial charge is 0.274 e. The number of nitrogens with zero attached hydrogens (tertiary/aromatic N) is 5. The summed E-state index contributed by atoms with van der Waals surface area (Å²) in [5.74, 6) is 0.119. The van der Waals surface area contributed by atoms with E-state index in [1.54, 1.807) is 55.4 Å². The molecule has 142 valence electrons. The van der Waals surface area contributed by atoms with E-state index in [2.05, 4.69) is 10.2 Å². The summed E-state index contributed by atoms with van der Waals surface area (Å²) in [6.45, 7) is 0.376. The standard InChI is InChI=1S/C17H16Cl3N5O2/c1-23(9-15-13(20)8-21-24(15)2)17(26)14-6-7-25(22-14)10-27-16-11(18)4-3-5-12(16)19/h3-8H,9-10H2,1-2H3. The summed E-state index contributed by atoms with van der Waals surface area (Å²) >= 11 is 18.2. The van der Waals surface area contributed by atoms with Crippen LogP contribution in [0.2, 0.25) is 15.1 Å². The number of amides is 1. The van der Waals surface area contributed by atoms with Crippen LogP contribution in [0.5, 0.6) is 5.75 Å². The van der Waals surface area contributed by atoms with Crippen molar-refractivity contribution in [3.05, 3.63) is 63.1 Å². The topological polar surface area (TPSA) is 65.2 Å². The van der Waals surface area contributed by atoms with Gasteiger partial charge in [0, 0.05) is 20.3 Å². The first-order valence-electron chi connectivity index (χ1n) is 7.89. The Morgan fingerprint density at radius 2 is 1.89 bits per heavy atom. The number of carbonyl (C=O) groups excluding carboxylic acids is 1. The maximum Gasteiger partial charge on any atom is 0.274 e. The highest BCUT2D eigenvalue weighted by Crippen LogP contribution is 2.32. The van der Waals surface area contributed by atoms with E-state index in [1.807, 2.05) is 0 Å². The number of benzene rings is 1. The van der Waals surface area contributed by atoms with Crippen molar-refractivity contribution in [2.24, 2.45) is 7.05 Å². The molecule has 0 saturated heterocycles. The van der Waals surface area contributed by atoms with Gasteiger partial charge in [-0.05, 0) is 18.2 Å². The van der Waals surface area contributed by atoms with Crippen LogP contribution in [0.4, 0.5) is 0 Å². The molecule has 0 radical (unpaired) electrons. The second kappa shape index (κ2) is 8.21. The number of halogens is 3. The minimum atomic E-state index is -0.248. The van der Waals surface area contributed by atoms with Crippen LogP contribution >= 0.6 is 34.8 Å². The first-order valence-corrected chi connectivity index (χ1v) is 9.02. The van der Waals surface area contributed by atoms with Crippen LogP contribution in [-0.4, -0.2) is 37.4 Å². The van der Waals surface area contributed by atoms with E-state index in [-0.39, 0.29) is 18.3 Å². The predicted octanol–water partition coefficient (Wildman–Crippen LogP) is 3.89. The SMILES string of the molecule is CN(Cc1c(Cl)cnn1C)C(=O)c1ccn(COc2c(Cl)cccc2Cl)n1. The average molecular weight is 429 g/mol. The molecule has 7 nitrogen and oxygen atoms in total. The molecule has 3 rings (SSSR count). The Bertz CT molecular complexity index is 930. The van der Waals surface area contributed by atoms with E-state index in [4.69, 9.17) is 39.5 Å². The Labute approximate surface area is 171 Å². The molecule has 0 unspecified atom stereocenters. The summed E-state index contributed by atoms with van der Waals surface area (Å²) in [4.78, 5) is 14.1. The third kappa shape index (κ3) is 4.37. The van der Waals surface area contributed by atoms with Crippen molar-refractivity contribution >= 4 is 40.7 Å². The van der Waals surface area contributed by atoms with Gasteiger partial charge in [0.15, 0.2) is 18.2 Å². The zero-order chi connectivity index (χ0) is 19.6. The molecule has 0 aliphatic rings. The fourth-order valence-electron chi connectivity index (χ4n) is 2.40. The van der Waals surface area contributed by atoms with E-state index in [1.165, 1.54) is 9.58 Å². The average Bonchev–Trinajstić information content (AvgIpc) is 3.22. The first-order chi connectivity index (χ1) is 12.9. The molecular weight excluding hydrogens is 413 g/mol. The number of rotatable bonds is 6. The molecule has 0 aliphatic carbocycles. The van der Waals surface area contributed by atoms with Gasteiger partial charge in [0.05, 0.1) is 33.5 Å². The van der Waals surface area contributed by atoms with E-state index < -0.39 is 0 Å². The van der Waals surface area contributed by atoms with Crippen molar-refractivity contribution in [3.8, 4) is 5.75 Å². The molecule has 1 amide bonds. The van der Waals surface area contributed by atoms with Gasteiger partial charge < -0.3 is 9.64 Å². The summed E-state index contributed by atoms with van der Waals surface area (Å²) in [5, 5.41) is 9.61. The van der Waals surface area contributed by atoms with Crippen molar-refractivity contribution < 1.29 is 9.53 Å². The lowest BCUT2D eigenvalue weighted by atomic mass is 10.3. The van der Waals surface area contributed by atoms with Crippen molar-refractivity contribution in [2.75, 3.05) is 7.05 Å². The van der Waals surface area contributed by atoms with E-state index >= 15 is 0 Å². The van der Waals surface area contributed by atoms with Crippen LogP contribution in [0, 0.1) is 0 Å². The highest BCUT2D eigenvalue weighted by atomic mass is 35.5. The fraction of sp³-hybridized carbons (Fsp3) is 0.235. The Morgan fingerprint density at radius 1 is 1.19 bits per heavy atom. The Balaban J connectivity index is 1.65. The maximum absolute atomic E-state index is 12.6. The molecule has 0 aliphatic heterocycles. The van der Waals surface area contributed by atoms with Crippen LogP contribution in [0.3, 0.4) is 0 Å². The zero-order valence-electron chi connectivity index (χ0n) is 14.6. The van der Waals surface area contributed by atoms with Crippen LogP contribution in [0.15, 0.2) is 36.7 Å². The number of hydrogen-bond acceptors (Lipinski definition) is 4. The molecule has 0 saturated carbocycles. The first kappa shape index (κ1) is 19.5. The number of ether oxygens (including phenoxy) is 1. The van der Waals surface area contributed by atoms with Crippen molar-refractivity contribution in [1.29, 1.82) is 0 Å². The highest BCUT2D eigenvalue weighted by Gasteiger charge is 2.18. The minimum absolute atomic E-state index is 0.0635. The quantitative estimate of drug-likeness (QED) is 0.597. The van der Waals surface area contributed by atoms with Gasteiger partial charge in [0.2, 0.25) is 0 Å². The fourth-order valence-corrected chi connectivity index (χ4v) is 3.14. The molecule has 0 bridgehead atoms. The molecule has 0 fully saturated rings. The molecule has 0 atom stereocenters. The monoisotopic (exact) mass is 427 g/mol. The highest BCUT2D eigenvalue weighted by molar-refractivity contribution is 6.37. The number of aryl methyl sites for hydroxylation is 1. The lowest BCUT2D eigenvalue weighted by Gasteiger charge is -2.16. The largest absolute Gasteiger partial charge is 0.468 e. The summed E-state index contributed by atoms with van der Waals surface area (Å²) in [7, 11) is 3.44. The summed E-state index contributed by atoms with van der Waals surface area (Å²) in [6.07, 6.45) is 3.18. The molecular formula is C17H16Cl3N5O2. The second-order valence-electron chi connectivity index (χ2n) is 5.79. The summed E-state index contributed by atoms with van der Waals surface area (Å²) in [6, 6.07) is 6.70. The minimum Gasteiger partial charge on any atom is -0.468 e. The lowest BCUT2D eigenvalue weighted by molar-refractivity contribution is 0.0774. The second-order valence-corrected chi connectivity index (χ2v) is 7.01. The van der Waals surface area contributed by atoms with Crippen molar-refractivity contribution in [1.82, 2.24) is 24.5 Å². The lowest BCUT2D eigenvalue weighted by Crippen LogP contribution is -2.28. The van der Waals surface area contributed by atoms with Crippen molar-refractivity contribution in [3.63, 3.8) is 0 Å². The number of para-hydroxylation sites is 1. The van der Waals surface area contributed by atoms with Gasteiger partial charge in [0.1, 0.15) is 0 Å². The molecule has 0 N–H and O–H groups in total. The number of aromatic nitrogens is 4. The Morgan fingerprint density at radius 3 is 2.52 bits per heavy atom. The molecule has 1 aromatic carbocycles. The van der Waals surface area contributed by atoms with E-state index in [9.17, 15) is 4.79 Å². The van der Waals surface area contributed by atoms with Gasteiger partial charge >= 0.3 is 0 Å². The number of hydrogen-bond donors (Lipinski definition) is 0. The molecule has 27 heavy (non-hydrogen) atoms. The van der Waals surface area contributed by atoms with Gasteiger partial charge in [-0.3, -0.25) is 9.48 Å². The van der Waals surface area contributed by atoms with Crippen molar-refractivity contribution in [2.45, 2.75) is 13.3 Å². The van der Waals surface area contributed by atoms with E-state index in [0.29, 0.717) is 27.4 Å². The molecule has 0 spiro atoms. The maximum atomic E-state index is 12.6. The van der Waals surface area contributed by atoms with Crippen LogP contribution < -0.4 is 4.74 Å². The zero-order valence-corrected chi connectivity index (χ0v) is 16.8. The molecule has 3 aromatic rings. The van der Waals surface area contributed by atoms with Crippen LogP contribution in [-0.2, 0) is 20.3 Å². The summed E-state index contributed by atoms with van der Waals surface area (Å²) in [5.41, 5.74) is 1.02. The van der Waals surface area contributed by atoms with Gasteiger partial charge in [-0.2, -0.15) is 10.2 Å². The van der Waals surface area contributed by atoms with Gasteiger partial charge in [0.25, 0.3) is 5.91 Å². The van der Waals surface area contributed by atoms with Gasteiger partial charge in [-0.15, -0.1) is 0 Å². The predicted molar refractivity (Wildman–Crippen MR) is 103 cm³/mol. The van der Waals surface area contributed by atoms with Crippen LogP contribution in [0.25, 0.3) is 0 Å². The Hall–Kier alpha value is -2.22. The molecule has 2 aromatic heterocycles. The van der Waals surface area contributed by atoms with Crippen LogP contribution in [0.1, 0.15) is 16.2 Å². The third-order valence-electron chi connectivity index (χ3n) is 3.86. The van der Waals surface area contributed by atoms with E-state index in [0.717, 1.165) is 5.69 Å².